The number of hydrogen-bond acceptors (Lipinski definition) is 7. The maximum atomic E-state index is 5.72. The molecule has 28 heavy (non-hydrogen) atoms. The minimum absolute atomic E-state index is 0.514. The van der Waals surface area contributed by atoms with Crippen molar-refractivity contribution in [2.45, 2.75) is 20.4 Å². The lowest BCUT2D eigenvalue weighted by molar-refractivity contribution is 0.256. The van der Waals surface area contributed by atoms with Crippen molar-refractivity contribution in [3.63, 3.8) is 0 Å². The van der Waals surface area contributed by atoms with Crippen LogP contribution in [0.5, 0.6) is 5.75 Å². The Morgan fingerprint density at radius 1 is 1.11 bits per heavy atom. The molecule has 0 spiro atoms. The molecule has 0 atom stereocenters. The molecule has 2 N–H and O–H groups in total. The van der Waals surface area contributed by atoms with E-state index in [9.17, 15) is 0 Å². The van der Waals surface area contributed by atoms with Gasteiger partial charge in [0.05, 0.1) is 25.6 Å². The van der Waals surface area contributed by atoms with Crippen LogP contribution in [-0.4, -0.2) is 40.8 Å². The van der Waals surface area contributed by atoms with Crippen molar-refractivity contribution in [2.24, 2.45) is 4.99 Å². The number of para-hydroxylation sites is 1. The van der Waals surface area contributed by atoms with Crippen LogP contribution in [0, 0.1) is 6.92 Å². The van der Waals surface area contributed by atoms with Crippen molar-refractivity contribution in [3.05, 3.63) is 59.8 Å². The first-order chi connectivity index (χ1) is 13.7. The molecule has 0 unspecified atom stereocenters. The number of guanidine groups is 1. The van der Waals surface area contributed by atoms with Gasteiger partial charge in [-0.05, 0) is 25.5 Å². The second kappa shape index (κ2) is 8.22. The van der Waals surface area contributed by atoms with Gasteiger partial charge in [0, 0.05) is 11.9 Å². The number of aliphatic imine (C=N–C) groups is 1. The Bertz CT molecular complexity index is 989. The van der Waals surface area contributed by atoms with Crippen molar-refractivity contribution in [3.8, 4) is 5.75 Å². The van der Waals surface area contributed by atoms with Crippen LogP contribution < -0.4 is 15.4 Å². The van der Waals surface area contributed by atoms with E-state index in [-0.39, 0.29) is 0 Å². The van der Waals surface area contributed by atoms with Gasteiger partial charge < -0.3 is 10.1 Å². The first-order valence-electron chi connectivity index (χ1n) is 9.44. The van der Waals surface area contributed by atoms with Gasteiger partial charge in [-0.3, -0.25) is 10.2 Å². The third-order valence-corrected chi connectivity index (χ3v) is 4.56. The molecular weight excluding hydrogens is 352 g/mol. The zero-order valence-electron chi connectivity index (χ0n) is 16.1. The van der Waals surface area contributed by atoms with Gasteiger partial charge >= 0.3 is 0 Å². The minimum Gasteiger partial charge on any atom is -0.492 e. The van der Waals surface area contributed by atoms with Gasteiger partial charge in [-0.1, -0.05) is 42.5 Å². The fourth-order valence-corrected chi connectivity index (χ4v) is 3.21. The largest absolute Gasteiger partial charge is 0.492 e. The van der Waals surface area contributed by atoms with Crippen LogP contribution in [0.1, 0.15) is 18.2 Å². The van der Waals surface area contributed by atoms with Crippen LogP contribution in [0.3, 0.4) is 0 Å². The number of ether oxygens (including phenoxy) is 1. The fraction of sp³-hybridized carbons (Fsp3) is 0.286. The first-order valence-corrected chi connectivity index (χ1v) is 9.44. The lowest BCUT2D eigenvalue weighted by Gasteiger charge is -2.26. The number of fused-ring (bicyclic) bond motifs is 1. The summed E-state index contributed by atoms with van der Waals surface area (Å²) >= 11 is 0. The molecule has 2 heterocycles. The van der Waals surface area contributed by atoms with Crippen LogP contribution in [-0.2, 0) is 6.54 Å². The summed E-state index contributed by atoms with van der Waals surface area (Å²) in [7, 11) is 0. The number of aromatic nitrogens is 2. The smallest absolute Gasteiger partial charge is 0.230 e. The second-order valence-electron chi connectivity index (χ2n) is 6.64. The number of aryl methyl sites for hydroxylation is 1. The van der Waals surface area contributed by atoms with Crippen LogP contribution in [0.4, 0.5) is 5.95 Å². The van der Waals surface area contributed by atoms with E-state index in [0.29, 0.717) is 31.9 Å². The summed E-state index contributed by atoms with van der Waals surface area (Å²) in [6, 6.07) is 16.3. The Labute approximate surface area is 164 Å². The Hall–Kier alpha value is -3.19. The minimum atomic E-state index is 0.514. The molecule has 0 saturated heterocycles. The topological polar surface area (TPSA) is 74.7 Å². The molecule has 3 aromatic rings. The van der Waals surface area contributed by atoms with E-state index in [4.69, 9.17) is 4.74 Å². The van der Waals surface area contributed by atoms with Gasteiger partial charge in [0.15, 0.2) is 0 Å². The molecule has 0 radical (unpaired) electrons. The highest BCUT2D eigenvalue weighted by molar-refractivity contribution is 5.94. The van der Waals surface area contributed by atoms with Crippen molar-refractivity contribution in [1.29, 1.82) is 0 Å². The Morgan fingerprint density at radius 2 is 1.96 bits per heavy atom. The maximum Gasteiger partial charge on any atom is 0.230 e. The van der Waals surface area contributed by atoms with Gasteiger partial charge in [-0.2, -0.15) is 0 Å². The SMILES string of the molecule is CCOc1cccc2c(C)nc(NC3=NCN(Cc4ccccc4)CN3)nc12. The number of nitrogens with zero attached hydrogens (tertiary/aromatic N) is 4. The average molecular weight is 376 g/mol. The zero-order valence-corrected chi connectivity index (χ0v) is 16.1. The average Bonchev–Trinajstić information content (AvgIpc) is 2.71. The summed E-state index contributed by atoms with van der Waals surface area (Å²) in [5.74, 6) is 1.96. The first kappa shape index (κ1) is 18.2. The molecule has 4 rings (SSSR count). The number of rotatable bonds is 5. The molecular formula is C21H24N6O. The highest BCUT2D eigenvalue weighted by atomic mass is 16.5. The molecule has 0 fully saturated rings. The lowest BCUT2D eigenvalue weighted by Crippen LogP contribution is -2.45. The summed E-state index contributed by atoms with van der Waals surface area (Å²) < 4.78 is 5.72. The predicted octanol–water partition coefficient (Wildman–Crippen LogP) is 3.13. The van der Waals surface area contributed by atoms with E-state index in [0.717, 1.165) is 28.9 Å². The number of anilines is 1. The molecule has 144 valence electrons. The Kier molecular flexibility index (Phi) is 5.34. The van der Waals surface area contributed by atoms with E-state index in [1.54, 1.807) is 0 Å². The summed E-state index contributed by atoms with van der Waals surface area (Å²) in [5, 5.41) is 7.49. The number of benzene rings is 2. The van der Waals surface area contributed by atoms with E-state index in [1.807, 2.05) is 38.1 Å². The molecule has 7 nitrogen and oxygen atoms in total. The molecule has 1 aliphatic heterocycles. The molecule has 2 aromatic carbocycles. The molecule has 0 bridgehead atoms. The third kappa shape index (κ3) is 4.04. The molecule has 0 amide bonds. The summed E-state index contributed by atoms with van der Waals surface area (Å²) in [6.45, 7) is 6.71. The van der Waals surface area contributed by atoms with Crippen LogP contribution >= 0.6 is 0 Å². The van der Waals surface area contributed by atoms with Gasteiger partial charge in [0.25, 0.3) is 0 Å². The van der Waals surface area contributed by atoms with E-state index < -0.39 is 0 Å². The lowest BCUT2D eigenvalue weighted by atomic mass is 10.2. The van der Waals surface area contributed by atoms with E-state index in [2.05, 4.69) is 54.8 Å². The Morgan fingerprint density at radius 3 is 2.71 bits per heavy atom. The van der Waals surface area contributed by atoms with Crippen molar-refractivity contribution in [1.82, 2.24) is 20.2 Å². The molecule has 7 heteroatoms. The second-order valence-corrected chi connectivity index (χ2v) is 6.64. The molecule has 0 saturated carbocycles. The molecule has 1 aromatic heterocycles. The van der Waals surface area contributed by atoms with Gasteiger partial charge in [0.2, 0.25) is 11.9 Å². The van der Waals surface area contributed by atoms with Crippen molar-refractivity contribution in [2.75, 3.05) is 25.3 Å². The molecule has 0 aliphatic carbocycles. The predicted molar refractivity (Wildman–Crippen MR) is 111 cm³/mol. The zero-order chi connectivity index (χ0) is 19.3. The number of hydrogen-bond donors (Lipinski definition) is 2. The standard InChI is InChI=1S/C21H24N6O/c1-3-28-18-11-7-10-17-15(2)24-21(25-19(17)18)26-20-22-13-27(14-23-20)12-16-8-5-4-6-9-16/h4-11H,3,12-14H2,1-2H3,(H2,22,23,24,25,26). The van der Waals surface area contributed by atoms with Crippen LogP contribution in [0.25, 0.3) is 10.9 Å². The quantitative estimate of drug-likeness (QED) is 0.713. The van der Waals surface area contributed by atoms with E-state index in [1.165, 1.54) is 5.56 Å². The summed E-state index contributed by atoms with van der Waals surface area (Å²) in [5.41, 5.74) is 2.98. The fourth-order valence-electron chi connectivity index (χ4n) is 3.21. The van der Waals surface area contributed by atoms with Gasteiger partial charge in [-0.25, -0.2) is 15.0 Å². The Balaban J connectivity index is 1.48. The number of nitrogens with one attached hydrogen (secondary N) is 2. The third-order valence-electron chi connectivity index (χ3n) is 4.56. The monoisotopic (exact) mass is 376 g/mol. The highest BCUT2D eigenvalue weighted by Crippen LogP contribution is 2.26. The summed E-state index contributed by atoms with van der Waals surface area (Å²) in [4.78, 5) is 16.0. The highest BCUT2D eigenvalue weighted by Gasteiger charge is 2.15. The normalized spacial score (nSPS) is 14.4. The molecule has 1 aliphatic rings. The maximum absolute atomic E-state index is 5.72. The van der Waals surface area contributed by atoms with Crippen molar-refractivity contribution >= 4 is 22.8 Å². The van der Waals surface area contributed by atoms with E-state index >= 15 is 0 Å². The van der Waals surface area contributed by atoms with Gasteiger partial charge in [-0.15, -0.1) is 0 Å². The van der Waals surface area contributed by atoms with Crippen molar-refractivity contribution < 1.29 is 4.74 Å². The van der Waals surface area contributed by atoms with Gasteiger partial charge in [0.1, 0.15) is 11.3 Å². The van der Waals surface area contributed by atoms with Crippen LogP contribution in [0.2, 0.25) is 0 Å². The van der Waals surface area contributed by atoms with Crippen LogP contribution in [0.15, 0.2) is 53.5 Å². The summed E-state index contributed by atoms with van der Waals surface area (Å²) in [6.07, 6.45) is 0.